The highest BCUT2D eigenvalue weighted by Gasteiger charge is 2.32. The standard InChI is InChI=1S/C23H29N5O6/c1-26-20-15(14-9-12-27(13-10-14)19(30)6-3-11-24-22(32)33)4-2-5-16(20)28(23(26)34)17-7-8-18(29)25-21(17)31/h2,4-5,14,17,24H,3,6-13H2,1H3,(H,32,33)(H,25,29,31). The summed E-state index contributed by atoms with van der Waals surface area (Å²) in [4.78, 5) is 61.9. The Balaban J connectivity index is 1.50. The number of para-hydroxylation sites is 1. The molecule has 0 radical (unpaired) electrons. The number of nitrogens with zero attached hydrogens (tertiary/aromatic N) is 3. The molecular weight excluding hydrogens is 442 g/mol. The third kappa shape index (κ3) is 4.55. The zero-order chi connectivity index (χ0) is 24.4. The van der Waals surface area contributed by atoms with Gasteiger partial charge in [0.25, 0.3) is 0 Å². The first kappa shape index (κ1) is 23.5. The minimum Gasteiger partial charge on any atom is -0.465 e. The third-order valence-electron chi connectivity index (χ3n) is 6.79. The van der Waals surface area contributed by atoms with E-state index in [1.807, 2.05) is 23.1 Å². The van der Waals surface area contributed by atoms with Crippen LogP contribution in [0, 0.1) is 0 Å². The van der Waals surface area contributed by atoms with Crippen molar-refractivity contribution in [2.75, 3.05) is 19.6 Å². The van der Waals surface area contributed by atoms with Crippen molar-refractivity contribution in [3.8, 4) is 0 Å². The first-order chi connectivity index (χ1) is 16.3. The number of fused-ring (bicyclic) bond motifs is 1. The first-order valence-corrected chi connectivity index (χ1v) is 11.6. The lowest BCUT2D eigenvalue weighted by atomic mass is 9.88. The number of imide groups is 1. The molecule has 0 bridgehead atoms. The van der Waals surface area contributed by atoms with Gasteiger partial charge in [-0.05, 0) is 43.2 Å². The van der Waals surface area contributed by atoms with E-state index in [0.29, 0.717) is 31.4 Å². The number of amides is 4. The number of nitrogens with one attached hydrogen (secondary N) is 2. The van der Waals surface area contributed by atoms with Gasteiger partial charge in [-0.3, -0.25) is 28.8 Å². The van der Waals surface area contributed by atoms with Gasteiger partial charge in [-0.25, -0.2) is 9.59 Å². The Morgan fingerprint density at radius 3 is 2.56 bits per heavy atom. The summed E-state index contributed by atoms with van der Waals surface area (Å²) in [6, 6.07) is 4.98. The van der Waals surface area contributed by atoms with Crippen LogP contribution in [0.15, 0.2) is 23.0 Å². The molecule has 11 nitrogen and oxygen atoms in total. The van der Waals surface area contributed by atoms with Crippen molar-refractivity contribution >= 4 is 34.8 Å². The smallest absolute Gasteiger partial charge is 0.404 e. The molecule has 1 unspecified atom stereocenters. The summed E-state index contributed by atoms with van der Waals surface area (Å²) < 4.78 is 3.06. The zero-order valence-corrected chi connectivity index (χ0v) is 19.1. The van der Waals surface area contributed by atoms with Gasteiger partial charge in [0.1, 0.15) is 6.04 Å². The van der Waals surface area contributed by atoms with Crippen LogP contribution in [0.5, 0.6) is 0 Å². The lowest BCUT2D eigenvalue weighted by molar-refractivity contribution is -0.136. The van der Waals surface area contributed by atoms with E-state index < -0.39 is 18.0 Å². The van der Waals surface area contributed by atoms with Crippen LogP contribution in [0.2, 0.25) is 0 Å². The number of carbonyl (C=O) groups is 4. The summed E-state index contributed by atoms with van der Waals surface area (Å²) in [5.74, 6) is -0.610. The highest BCUT2D eigenvalue weighted by molar-refractivity contribution is 6.00. The molecular formula is C23H29N5O6. The average molecular weight is 472 g/mol. The molecule has 0 spiro atoms. The number of carboxylic acid groups (broad SMARTS) is 1. The van der Waals surface area contributed by atoms with Crippen molar-refractivity contribution < 1.29 is 24.3 Å². The van der Waals surface area contributed by atoms with Gasteiger partial charge in [0.2, 0.25) is 17.7 Å². The SMILES string of the molecule is Cn1c(=O)n(C2CCC(=O)NC2=O)c2cccc(C3CCN(C(=O)CCCNC(=O)O)CC3)c21. The fourth-order valence-corrected chi connectivity index (χ4v) is 5.06. The maximum absolute atomic E-state index is 13.1. The van der Waals surface area contributed by atoms with Gasteiger partial charge in [-0.15, -0.1) is 0 Å². The molecule has 1 aromatic heterocycles. The van der Waals surface area contributed by atoms with Crippen LogP contribution < -0.4 is 16.3 Å². The predicted octanol–water partition coefficient (Wildman–Crippen LogP) is 1.07. The Kier molecular flexibility index (Phi) is 6.71. The number of piperidine rings is 2. The van der Waals surface area contributed by atoms with Crippen LogP contribution in [0.25, 0.3) is 11.0 Å². The molecule has 0 aliphatic carbocycles. The van der Waals surface area contributed by atoms with Crippen molar-refractivity contribution in [1.29, 1.82) is 0 Å². The van der Waals surface area contributed by atoms with E-state index in [9.17, 15) is 24.0 Å². The molecule has 1 atom stereocenters. The summed E-state index contributed by atoms with van der Waals surface area (Å²) in [6.45, 7) is 1.43. The van der Waals surface area contributed by atoms with Crippen LogP contribution in [-0.4, -0.2) is 62.6 Å². The zero-order valence-electron chi connectivity index (χ0n) is 19.1. The Labute approximate surface area is 195 Å². The third-order valence-corrected chi connectivity index (χ3v) is 6.79. The Hall–Kier alpha value is -3.63. The van der Waals surface area contributed by atoms with Crippen molar-refractivity contribution in [1.82, 2.24) is 24.7 Å². The molecule has 2 fully saturated rings. The number of aryl methyl sites for hydroxylation is 1. The summed E-state index contributed by atoms with van der Waals surface area (Å²) in [6.07, 6.45) is 1.63. The van der Waals surface area contributed by atoms with Gasteiger partial charge in [0.05, 0.1) is 11.0 Å². The van der Waals surface area contributed by atoms with Crippen molar-refractivity contribution in [2.24, 2.45) is 7.05 Å². The summed E-state index contributed by atoms with van der Waals surface area (Å²) in [5.41, 5.74) is 2.17. The van der Waals surface area contributed by atoms with Gasteiger partial charge < -0.3 is 15.3 Å². The molecule has 2 aliphatic heterocycles. The molecule has 4 rings (SSSR count). The van der Waals surface area contributed by atoms with Gasteiger partial charge in [0.15, 0.2) is 0 Å². The molecule has 1 aromatic carbocycles. The van der Waals surface area contributed by atoms with Crippen LogP contribution in [0.3, 0.4) is 0 Å². The van der Waals surface area contributed by atoms with Gasteiger partial charge in [-0.1, -0.05) is 12.1 Å². The molecule has 34 heavy (non-hydrogen) atoms. The molecule has 2 aliphatic rings. The molecule has 2 saturated heterocycles. The van der Waals surface area contributed by atoms with Crippen LogP contribution >= 0.6 is 0 Å². The van der Waals surface area contributed by atoms with Crippen molar-refractivity contribution in [2.45, 2.75) is 50.5 Å². The van der Waals surface area contributed by atoms with E-state index in [1.54, 1.807) is 11.6 Å². The second-order valence-electron chi connectivity index (χ2n) is 8.88. The molecule has 0 saturated carbocycles. The fourth-order valence-electron chi connectivity index (χ4n) is 5.06. The molecule has 182 valence electrons. The van der Waals surface area contributed by atoms with Crippen LogP contribution in [-0.2, 0) is 21.4 Å². The monoisotopic (exact) mass is 471 g/mol. The maximum Gasteiger partial charge on any atom is 0.404 e. The molecule has 2 aromatic rings. The van der Waals surface area contributed by atoms with E-state index in [4.69, 9.17) is 5.11 Å². The summed E-state index contributed by atoms with van der Waals surface area (Å²) in [7, 11) is 1.69. The number of hydrogen-bond donors (Lipinski definition) is 3. The second kappa shape index (κ2) is 9.70. The van der Waals surface area contributed by atoms with E-state index in [1.165, 1.54) is 4.57 Å². The quantitative estimate of drug-likeness (QED) is 0.425. The van der Waals surface area contributed by atoms with Crippen molar-refractivity contribution in [3.63, 3.8) is 0 Å². The number of imidazole rings is 1. The minimum absolute atomic E-state index is 0.0141. The molecule has 11 heteroatoms. The van der Waals surface area contributed by atoms with Gasteiger partial charge in [0, 0.05) is 39.5 Å². The molecule has 4 amide bonds. The minimum atomic E-state index is -1.09. The lowest BCUT2D eigenvalue weighted by Gasteiger charge is -2.32. The topological polar surface area (TPSA) is 143 Å². The average Bonchev–Trinajstić information content (AvgIpc) is 3.07. The number of benzene rings is 1. The van der Waals surface area contributed by atoms with E-state index in [0.717, 1.165) is 23.9 Å². The van der Waals surface area contributed by atoms with Crippen LogP contribution in [0.1, 0.15) is 56.0 Å². The van der Waals surface area contributed by atoms with E-state index >= 15 is 0 Å². The van der Waals surface area contributed by atoms with Crippen molar-refractivity contribution in [3.05, 3.63) is 34.2 Å². The van der Waals surface area contributed by atoms with E-state index in [2.05, 4.69) is 10.6 Å². The first-order valence-electron chi connectivity index (χ1n) is 11.6. The largest absolute Gasteiger partial charge is 0.465 e. The van der Waals surface area contributed by atoms with E-state index in [-0.39, 0.29) is 42.8 Å². The van der Waals surface area contributed by atoms with Crippen LogP contribution in [0.4, 0.5) is 4.79 Å². The number of likely N-dealkylation sites (tertiary alicyclic amines) is 1. The lowest BCUT2D eigenvalue weighted by Crippen LogP contribution is -2.44. The number of rotatable bonds is 6. The molecule has 3 heterocycles. The number of aromatic nitrogens is 2. The number of carbonyl (C=O) groups excluding carboxylic acids is 3. The Bertz CT molecular complexity index is 1190. The van der Waals surface area contributed by atoms with Gasteiger partial charge in [-0.2, -0.15) is 0 Å². The fraction of sp³-hybridized carbons (Fsp3) is 0.522. The highest BCUT2D eigenvalue weighted by Crippen LogP contribution is 2.34. The maximum atomic E-state index is 13.1. The second-order valence-corrected chi connectivity index (χ2v) is 8.88. The Morgan fingerprint density at radius 1 is 1.15 bits per heavy atom. The summed E-state index contributed by atoms with van der Waals surface area (Å²) >= 11 is 0. The normalized spacial score (nSPS) is 19.3. The van der Waals surface area contributed by atoms with Gasteiger partial charge >= 0.3 is 11.8 Å². The highest BCUT2D eigenvalue weighted by atomic mass is 16.4. The summed E-state index contributed by atoms with van der Waals surface area (Å²) in [5, 5.41) is 13.2. The predicted molar refractivity (Wildman–Crippen MR) is 122 cm³/mol. The molecule has 3 N–H and O–H groups in total. The number of hydrogen-bond acceptors (Lipinski definition) is 5. The Morgan fingerprint density at radius 2 is 1.88 bits per heavy atom.